The van der Waals surface area contributed by atoms with Crippen molar-refractivity contribution in [3.8, 4) is 17.2 Å². The summed E-state index contributed by atoms with van der Waals surface area (Å²) in [5.74, 6) is 1.56. The van der Waals surface area contributed by atoms with Crippen molar-refractivity contribution < 1.29 is 54.1 Å². The topological polar surface area (TPSA) is 152 Å². The van der Waals surface area contributed by atoms with Crippen LogP contribution >= 0.6 is 0 Å². The number of aliphatic hydroxyl groups excluding tert-OH is 5. The average Bonchev–Trinajstić information content (AvgIpc) is 3.08. The molecule has 3 aromatic rings. The van der Waals surface area contributed by atoms with E-state index < -0.39 is 23.9 Å². The Balaban J connectivity index is 1.26. The van der Waals surface area contributed by atoms with Crippen molar-refractivity contribution in [3.05, 3.63) is 89.0 Å². The molecule has 0 amide bonds. The number of benzene rings is 3. The maximum absolute atomic E-state index is 10.5. The van der Waals surface area contributed by atoms with Crippen LogP contribution in [0.1, 0.15) is 43.0 Å². The zero-order chi connectivity index (χ0) is 35.4. The Morgan fingerprint density at radius 2 is 1.31 bits per heavy atom. The van der Waals surface area contributed by atoms with Gasteiger partial charge < -0.3 is 54.1 Å². The van der Waals surface area contributed by atoms with Gasteiger partial charge >= 0.3 is 0 Å². The van der Waals surface area contributed by atoms with E-state index in [4.69, 9.17) is 23.7 Å². The summed E-state index contributed by atoms with van der Waals surface area (Å²) in [6.45, 7) is 8.23. The molecule has 4 atom stereocenters. The monoisotopic (exact) mass is 684 g/mol. The number of aliphatic hydroxyl groups is 5. The first-order valence-electron chi connectivity index (χ1n) is 16.9. The summed E-state index contributed by atoms with van der Waals surface area (Å²) in [7, 11) is 1.51. The number of hydrogen-bond donors (Lipinski definition) is 6. The molecule has 270 valence electrons. The number of hydrogen-bond acceptors (Lipinski definition) is 10. The molecule has 1 aliphatic carbocycles. The summed E-state index contributed by atoms with van der Waals surface area (Å²) >= 11 is 0. The van der Waals surface area contributed by atoms with Crippen molar-refractivity contribution in [2.24, 2.45) is 0 Å². The molecule has 0 spiro atoms. The smallest absolute Gasteiger partial charge is 0.161 e. The molecule has 0 aliphatic heterocycles. The van der Waals surface area contributed by atoms with Crippen molar-refractivity contribution in [2.75, 3.05) is 73.0 Å². The van der Waals surface area contributed by atoms with Crippen LogP contribution in [0, 0.1) is 0 Å². The van der Waals surface area contributed by atoms with Gasteiger partial charge in [-0.3, -0.25) is 0 Å². The van der Waals surface area contributed by atoms with Crippen LogP contribution in [0.4, 0.5) is 0 Å². The number of methoxy groups -OCH3 is 1. The predicted molar refractivity (Wildman–Crippen MR) is 185 cm³/mol. The van der Waals surface area contributed by atoms with E-state index in [2.05, 4.69) is 32.0 Å². The van der Waals surface area contributed by atoms with Gasteiger partial charge in [-0.1, -0.05) is 56.3 Å². The highest BCUT2D eigenvalue weighted by Gasteiger charge is 2.41. The molecule has 0 fully saturated rings. The fraction of sp³-hybridized carbons (Fsp3) is 0.526. The highest BCUT2D eigenvalue weighted by molar-refractivity contribution is 5.49. The molecule has 4 rings (SSSR count). The first-order valence-corrected chi connectivity index (χ1v) is 16.9. The Hall–Kier alpha value is -3.26. The molecule has 3 aromatic carbocycles. The molecule has 11 heteroatoms. The van der Waals surface area contributed by atoms with Gasteiger partial charge in [-0.25, -0.2) is 0 Å². The molecule has 0 bridgehead atoms. The van der Waals surface area contributed by atoms with E-state index in [0.29, 0.717) is 36.9 Å². The zero-order valence-electron chi connectivity index (χ0n) is 29.1. The Bertz CT molecular complexity index is 1430. The molecule has 0 aromatic heterocycles. The van der Waals surface area contributed by atoms with Crippen LogP contribution in [-0.4, -0.2) is 117 Å². The molecular formula is C38H54NO10+. The van der Waals surface area contributed by atoms with E-state index >= 15 is 0 Å². The van der Waals surface area contributed by atoms with Crippen molar-refractivity contribution in [1.82, 2.24) is 0 Å². The van der Waals surface area contributed by atoms with Gasteiger partial charge in [-0.05, 0) is 53.4 Å². The van der Waals surface area contributed by atoms with Gasteiger partial charge in [-0.2, -0.15) is 0 Å². The van der Waals surface area contributed by atoms with E-state index in [1.165, 1.54) is 18.2 Å². The Kier molecular flexibility index (Phi) is 14.2. The second-order valence-corrected chi connectivity index (χ2v) is 13.4. The molecule has 1 aliphatic rings. The fourth-order valence-electron chi connectivity index (χ4n) is 6.12. The van der Waals surface area contributed by atoms with E-state index in [1.54, 1.807) is 24.3 Å². The van der Waals surface area contributed by atoms with Crippen LogP contribution < -0.4 is 19.1 Å². The normalized spacial score (nSPS) is 17.6. The summed E-state index contributed by atoms with van der Waals surface area (Å²) in [5, 5.41) is 49.4. The quantitative estimate of drug-likeness (QED) is 0.0913. The average molecular weight is 685 g/mol. The highest BCUT2D eigenvalue weighted by atomic mass is 16.5. The summed E-state index contributed by atoms with van der Waals surface area (Å²) in [6.07, 6.45) is -1.58. The van der Waals surface area contributed by atoms with Crippen LogP contribution in [0.5, 0.6) is 17.2 Å². The maximum Gasteiger partial charge on any atom is 0.161 e. The lowest BCUT2D eigenvalue weighted by Crippen LogP contribution is -3.14. The summed E-state index contributed by atoms with van der Waals surface area (Å²) < 4.78 is 28.4. The van der Waals surface area contributed by atoms with Crippen molar-refractivity contribution in [2.45, 2.75) is 56.5 Å². The van der Waals surface area contributed by atoms with Gasteiger partial charge in [-0.15, -0.1) is 0 Å². The molecular weight excluding hydrogens is 630 g/mol. The predicted octanol–water partition coefficient (Wildman–Crippen LogP) is 1.24. The molecule has 6 N–H and O–H groups in total. The van der Waals surface area contributed by atoms with E-state index in [-0.39, 0.29) is 51.7 Å². The number of quaternary nitrogens is 1. The van der Waals surface area contributed by atoms with E-state index in [0.717, 1.165) is 22.4 Å². The largest absolute Gasteiger partial charge is 0.491 e. The van der Waals surface area contributed by atoms with E-state index in [9.17, 15) is 25.5 Å². The minimum absolute atomic E-state index is 0.00297. The third kappa shape index (κ3) is 10.6. The third-order valence-corrected chi connectivity index (χ3v) is 9.06. The van der Waals surface area contributed by atoms with Gasteiger partial charge in [0, 0.05) is 18.9 Å². The highest BCUT2D eigenvalue weighted by Crippen LogP contribution is 2.44. The van der Waals surface area contributed by atoms with Crippen molar-refractivity contribution in [3.63, 3.8) is 0 Å². The zero-order valence-corrected chi connectivity index (χ0v) is 29.1. The fourth-order valence-corrected chi connectivity index (χ4v) is 6.12. The van der Waals surface area contributed by atoms with Crippen LogP contribution in [0.3, 0.4) is 0 Å². The van der Waals surface area contributed by atoms with Crippen LogP contribution in [0.15, 0.2) is 66.7 Å². The molecule has 0 saturated carbocycles. The van der Waals surface area contributed by atoms with Crippen LogP contribution in [0.25, 0.3) is 0 Å². The summed E-state index contributed by atoms with van der Waals surface area (Å²) in [6, 6.07) is 21.5. The lowest BCUT2D eigenvalue weighted by molar-refractivity contribution is -0.904. The second-order valence-electron chi connectivity index (χ2n) is 13.4. The minimum atomic E-state index is -0.878. The van der Waals surface area contributed by atoms with E-state index in [1.807, 2.05) is 31.2 Å². The minimum Gasteiger partial charge on any atom is -0.491 e. The van der Waals surface area contributed by atoms with Gasteiger partial charge in [0.05, 0.1) is 32.0 Å². The van der Waals surface area contributed by atoms with Gasteiger partial charge in [0.1, 0.15) is 63.5 Å². The van der Waals surface area contributed by atoms with Crippen LogP contribution in [0.2, 0.25) is 0 Å². The first kappa shape index (κ1) is 38.5. The first-order chi connectivity index (χ1) is 23.5. The number of nitrogens with one attached hydrogen (secondary N) is 1. The van der Waals surface area contributed by atoms with Gasteiger partial charge in [0.15, 0.2) is 11.5 Å². The lowest BCUT2D eigenvalue weighted by atomic mass is 9.70. The number of rotatable bonds is 22. The molecule has 0 radical (unpaired) electrons. The van der Waals surface area contributed by atoms with Gasteiger partial charge in [0.2, 0.25) is 0 Å². The standard InChI is InChI=1S/C38H53NO10/c1-37(2,29-11-14-34-27(19-29)20-38(34,3)49-26-30(42)21-39(15-17-40)16-18-41)28-9-12-33(13-10-28)46-23-32(44)25-48-36-8-6-5-7-35(36)47-24-31(43)22-45-4/h5-14,19,30-32,40-44H,15-18,20-26H2,1-4H3/p+1. The lowest BCUT2D eigenvalue weighted by Gasteiger charge is -2.42. The summed E-state index contributed by atoms with van der Waals surface area (Å²) in [4.78, 5) is 0.941. The molecule has 4 unspecified atom stereocenters. The Morgan fingerprint density at radius 3 is 1.88 bits per heavy atom. The Morgan fingerprint density at radius 1 is 0.735 bits per heavy atom. The van der Waals surface area contributed by atoms with Crippen LogP contribution in [-0.2, 0) is 26.9 Å². The summed E-state index contributed by atoms with van der Waals surface area (Å²) in [5.41, 5.74) is 3.91. The SMILES string of the molecule is COCC(O)COc1ccccc1OCC(O)COc1ccc(C(C)(C)c2ccc3c(c2)CC3(C)OCC(O)C[NH+](CCO)CCO)cc1. The number of para-hydroxylation sites is 2. The van der Waals surface area contributed by atoms with Crippen molar-refractivity contribution in [1.29, 1.82) is 0 Å². The molecule has 0 heterocycles. The number of fused-ring (bicyclic) bond motifs is 1. The third-order valence-electron chi connectivity index (χ3n) is 9.06. The maximum atomic E-state index is 10.5. The van der Waals surface area contributed by atoms with Crippen molar-refractivity contribution >= 4 is 0 Å². The van der Waals surface area contributed by atoms with Gasteiger partial charge in [0.25, 0.3) is 0 Å². The number of ether oxygens (including phenoxy) is 5. The molecule has 11 nitrogen and oxygen atoms in total. The Labute approximate surface area is 289 Å². The molecule has 49 heavy (non-hydrogen) atoms. The second kappa shape index (κ2) is 18.1. The molecule has 0 saturated heterocycles.